The molecule has 4 rings (SSSR count). The number of likely N-dealkylation sites (N-methyl/N-ethyl adjacent to an activating group) is 1. The van der Waals surface area contributed by atoms with Gasteiger partial charge in [0.1, 0.15) is 12.6 Å². The van der Waals surface area contributed by atoms with E-state index in [2.05, 4.69) is 10.5 Å². The summed E-state index contributed by atoms with van der Waals surface area (Å²) < 4.78 is 93.9. The van der Waals surface area contributed by atoms with Crippen LogP contribution in [0.2, 0.25) is 10.0 Å². The molecule has 0 saturated carbocycles. The van der Waals surface area contributed by atoms with E-state index in [0.29, 0.717) is 0 Å². The van der Waals surface area contributed by atoms with Gasteiger partial charge >= 0.3 is 6.18 Å². The maximum Gasteiger partial charge on any atom is 0.435 e. The summed E-state index contributed by atoms with van der Waals surface area (Å²) in [6.07, 6.45) is -5.84. The molecule has 7 nitrogen and oxygen atoms in total. The number of amides is 2. The van der Waals surface area contributed by atoms with Gasteiger partial charge in [-0.3, -0.25) is 14.4 Å². The van der Waals surface area contributed by atoms with Crippen molar-refractivity contribution in [3.63, 3.8) is 0 Å². The number of hydrogen-bond acceptors (Lipinski definition) is 5. The van der Waals surface area contributed by atoms with E-state index in [1.54, 1.807) is 0 Å². The van der Waals surface area contributed by atoms with E-state index in [4.69, 9.17) is 39.7 Å². The van der Waals surface area contributed by atoms with Gasteiger partial charge in [-0.2, -0.15) is 13.2 Å². The number of benzene rings is 2. The molecule has 2 atom stereocenters. The standard InChI is InChI=1S/C23H19Cl2F4N3O4/c1-3-32-21(34)18(10-35-32)30-20(33)14-5-4-12(6-11(14)2)17-9-22(36-31-17,23(27,28)29)13-7-15(24)19(26)16(25)8-13/h4-8,18H,3,9-10H2,1-2H3,(H,30,33)/t18-,22+/m1/s1/i1D3,3D2. The summed E-state index contributed by atoms with van der Waals surface area (Å²) >= 11 is 11.4. The highest BCUT2D eigenvalue weighted by molar-refractivity contribution is 6.35. The normalized spacial score (nSPS) is 24.8. The van der Waals surface area contributed by atoms with Gasteiger partial charge in [0.2, 0.25) is 0 Å². The molecule has 192 valence electrons. The highest BCUT2D eigenvalue weighted by Gasteiger charge is 2.62. The first-order chi connectivity index (χ1) is 18.8. The summed E-state index contributed by atoms with van der Waals surface area (Å²) in [5.41, 5.74) is -3.27. The number of nitrogens with zero attached hydrogens (tertiary/aromatic N) is 2. The maximum atomic E-state index is 14.3. The molecule has 36 heavy (non-hydrogen) atoms. The van der Waals surface area contributed by atoms with E-state index in [1.807, 2.05) is 0 Å². The lowest BCUT2D eigenvalue weighted by atomic mass is 9.86. The number of nitrogens with one attached hydrogen (secondary N) is 1. The summed E-state index contributed by atoms with van der Waals surface area (Å²) in [6, 6.07) is 4.04. The second kappa shape index (κ2) is 9.53. The van der Waals surface area contributed by atoms with Crippen molar-refractivity contribution in [2.24, 2.45) is 5.16 Å². The fraction of sp³-hybridized carbons (Fsp3) is 0.348. The van der Waals surface area contributed by atoms with Gasteiger partial charge in [0.05, 0.1) is 18.5 Å². The molecule has 1 fully saturated rings. The second-order valence-corrected chi connectivity index (χ2v) is 8.80. The molecule has 0 unspecified atom stereocenters. The van der Waals surface area contributed by atoms with Crippen LogP contribution in [0.4, 0.5) is 17.6 Å². The van der Waals surface area contributed by atoms with E-state index in [9.17, 15) is 27.2 Å². The third-order valence-electron chi connectivity index (χ3n) is 5.72. The van der Waals surface area contributed by atoms with Gasteiger partial charge in [-0.25, -0.2) is 9.45 Å². The van der Waals surface area contributed by atoms with Gasteiger partial charge < -0.3 is 10.2 Å². The third kappa shape index (κ3) is 4.51. The van der Waals surface area contributed by atoms with Gasteiger partial charge in [0, 0.05) is 28.2 Å². The fourth-order valence-electron chi connectivity index (χ4n) is 3.80. The van der Waals surface area contributed by atoms with Crippen LogP contribution >= 0.6 is 23.2 Å². The van der Waals surface area contributed by atoms with Crippen molar-refractivity contribution < 1.29 is 43.7 Å². The van der Waals surface area contributed by atoms with Crippen LogP contribution in [-0.2, 0) is 20.1 Å². The smallest absolute Gasteiger partial charge is 0.374 e. The van der Waals surface area contributed by atoms with E-state index >= 15 is 0 Å². The molecule has 0 bridgehead atoms. The van der Waals surface area contributed by atoms with Crippen LogP contribution in [0.1, 0.15) is 47.2 Å². The van der Waals surface area contributed by atoms with Crippen LogP contribution < -0.4 is 5.32 Å². The molecule has 13 heteroatoms. The molecule has 0 aromatic heterocycles. The van der Waals surface area contributed by atoms with E-state index in [0.717, 1.165) is 12.1 Å². The van der Waals surface area contributed by atoms with Crippen molar-refractivity contribution in [2.75, 3.05) is 13.1 Å². The predicted octanol–water partition coefficient (Wildman–Crippen LogP) is 4.92. The van der Waals surface area contributed by atoms with Gasteiger partial charge in [0.15, 0.2) is 5.82 Å². The Kier molecular flexibility index (Phi) is 5.35. The molecule has 2 amide bonds. The number of rotatable bonds is 5. The van der Waals surface area contributed by atoms with Gasteiger partial charge in [0.25, 0.3) is 17.4 Å². The van der Waals surface area contributed by atoms with Crippen molar-refractivity contribution in [3.05, 3.63) is 68.4 Å². The number of aryl methyl sites for hydroxylation is 1. The zero-order chi connectivity index (χ0) is 30.7. The first kappa shape index (κ1) is 20.2. The highest BCUT2D eigenvalue weighted by atomic mass is 35.5. The molecule has 2 aliphatic rings. The highest BCUT2D eigenvalue weighted by Crippen LogP contribution is 2.50. The number of alkyl halides is 3. The van der Waals surface area contributed by atoms with Crippen LogP contribution in [0.15, 0.2) is 35.5 Å². The molecule has 2 aromatic carbocycles. The predicted molar refractivity (Wildman–Crippen MR) is 122 cm³/mol. The fourth-order valence-corrected chi connectivity index (χ4v) is 4.28. The Morgan fingerprint density at radius 1 is 1.33 bits per heavy atom. The molecular weight excluding hydrogens is 529 g/mol. The van der Waals surface area contributed by atoms with Gasteiger partial charge in [-0.05, 0) is 49.2 Å². The molecular formula is C23H19Cl2F4N3O4. The number of hydroxylamine groups is 2. The molecule has 2 aliphatic heterocycles. The zero-order valence-electron chi connectivity index (χ0n) is 23.2. The molecule has 0 radical (unpaired) electrons. The summed E-state index contributed by atoms with van der Waals surface area (Å²) in [4.78, 5) is 35.2. The van der Waals surface area contributed by atoms with Crippen LogP contribution in [0.25, 0.3) is 0 Å². The molecule has 1 N–H and O–H groups in total. The number of carbonyl (C=O) groups is 2. The summed E-state index contributed by atoms with van der Waals surface area (Å²) in [7, 11) is 0. The monoisotopic (exact) mass is 552 g/mol. The summed E-state index contributed by atoms with van der Waals surface area (Å²) in [6.45, 7) is -5.43. The minimum absolute atomic E-state index is 0.0116. The summed E-state index contributed by atoms with van der Waals surface area (Å²) in [5, 5.41) is 4.74. The molecule has 0 aliphatic carbocycles. The Hall–Kier alpha value is -2.89. The van der Waals surface area contributed by atoms with E-state index in [1.165, 1.54) is 25.1 Å². The Balaban J connectivity index is 1.53. The van der Waals surface area contributed by atoms with E-state index in [-0.39, 0.29) is 27.5 Å². The third-order valence-corrected chi connectivity index (χ3v) is 6.27. The second-order valence-electron chi connectivity index (χ2n) is 7.98. The molecule has 0 spiro atoms. The van der Waals surface area contributed by atoms with Crippen LogP contribution in [0, 0.1) is 12.7 Å². The largest absolute Gasteiger partial charge is 0.435 e. The first-order valence-electron chi connectivity index (χ1n) is 12.7. The lowest BCUT2D eigenvalue weighted by Gasteiger charge is -2.29. The minimum atomic E-state index is -5.02. The SMILES string of the molecule is [2H]C([2H])([2H])C([2H])([2H])N1OC[C@@H](NC(=O)c2ccc(C3=NO[C@@](c4cc(Cl)c(F)c(Cl)c4)(C(F)(F)F)C3)cc2C)C1=O. The van der Waals surface area contributed by atoms with Crippen LogP contribution in [-0.4, -0.2) is 47.9 Å². The first-order valence-corrected chi connectivity index (χ1v) is 10.9. The maximum absolute atomic E-state index is 14.3. The van der Waals surface area contributed by atoms with Crippen molar-refractivity contribution in [1.82, 2.24) is 10.4 Å². The Morgan fingerprint density at radius 3 is 2.64 bits per heavy atom. The molecule has 1 saturated heterocycles. The topological polar surface area (TPSA) is 80.2 Å². The average Bonchev–Trinajstić information content (AvgIpc) is 3.47. The van der Waals surface area contributed by atoms with Crippen molar-refractivity contribution >= 4 is 40.7 Å². The lowest BCUT2D eigenvalue weighted by Crippen LogP contribution is -2.43. The Bertz CT molecular complexity index is 1430. The van der Waals surface area contributed by atoms with Crippen LogP contribution in [0.5, 0.6) is 0 Å². The van der Waals surface area contributed by atoms with Crippen LogP contribution in [0.3, 0.4) is 0 Å². The number of halogens is 6. The summed E-state index contributed by atoms with van der Waals surface area (Å²) in [5.74, 6) is -3.01. The van der Waals surface area contributed by atoms with E-state index < -0.39 is 77.4 Å². The molecule has 2 aromatic rings. The minimum Gasteiger partial charge on any atom is -0.374 e. The Morgan fingerprint density at radius 2 is 2.03 bits per heavy atom. The lowest BCUT2D eigenvalue weighted by molar-refractivity contribution is -0.275. The van der Waals surface area contributed by atoms with Gasteiger partial charge in [-0.1, -0.05) is 34.4 Å². The Labute approximate surface area is 219 Å². The number of hydrogen-bond donors (Lipinski definition) is 1. The quantitative estimate of drug-likeness (QED) is 0.422. The number of carbonyl (C=O) groups excluding carboxylic acids is 2. The van der Waals surface area contributed by atoms with Crippen molar-refractivity contribution in [3.8, 4) is 0 Å². The molecule has 2 heterocycles. The van der Waals surface area contributed by atoms with Crippen molar-refractivity contribution in [2.45, 2.75) is 38.0 Å². The average molecular weight is 553 g/mol. The number of oxime groups is 1. The van der Waals surface area contributed by atoms with Gasteiger partial charge in [-0.15, -0.1) is 0 Å². The zero-order valence-corrected chi connectivity index (χ0v) is 19.7. The van der Waals surface area contributed by atoms with Crippen molar-refractivity contribution in [1.29, 1.82) is 0 Å².